The normalized spacial score (nSPS) is 14.7. The van der Waals surface area contributed by atoms with Crippen LogP contribution in [0, 0.1) is 5.82 Å². The summed E-state index contributed by atoms with van der Waals surface area (Å²) in [5.74, 6) is -0.228. The highest BCUT2D eigenvalue weighted by molar-refractivity contribution is 9.10. The van der Waals surface area contributed by atoms with Crippen LogP contribution in [0.4, 0.5) is 10.2 Å². The summed E-state index contributed by atoms with van der Waals surface area (Å²) in [4.78, 5) is 3.88. The van der Waals surface area contributed by atoms with E-state index in [-0.39, 0.29) is 11.1 Å². The smallest absolute Gasteiger partial charge is 0.166 e. The standard InChI is InChI=1S/C9H12BrFN2OS/c1-6(15(2)14)4-12-9-8(11)3-7(10)5-13-9/h3,5-6H,4H2,1-2H3,(H,12,13). The Balaban J connectivity index is 2.62. The van der Waals surface area contributed by atoms with Gasteiger partial charge in [0.15, 0.2) is 11.6 Å². The van der Waals surface area contributed by atoms with Gasteiger partial charge < -0.3 is 5.32 Å². The van der Waals surface area contributed by atoms with Gasteiger partial charge in [0.2, 0.25) is 0 Å². The van der Waals surface area contributed by atoms with Crippen LogP contribution in [0.1, 0.15) is 6.92 Å². The first-order valence-electron chi connectivity index (χ1n) is 4.38. The highest BCUT2D eigenvalue weighted by Gasteiger charge is 2.08. The van der Waals surface area contributed by atoms with E-state index in [9.17, 15) is 8.60 Å². The minimum atomic E-state index is -0.917. The molecular weight excluding hydrogens is 283 g/mol. The molecule has 15 heavy (non-hydrogen) atoms. The molecule has 2 atom stereocenters. The molecule has 6 heteroatoms. The zero-order valence-corrected chi connectivity index (χ0v) is 10.9. The molecule has 0 aliphatic carbocycles. The predicted octanol–water partition coefficient (Wildman–Crippen LogP) is 2.16. The summed E-state index contributed by atoms with van der Waals surface area (Å²) < 4.78 is 24.9. The summed E-state index contributed by atoms with van der Waals surface area (Å²) in [6.07, 6.45) is 3.14. The summed E-state index contributed by atoms with van der Waals surface area (Å²) >= 11 is 3.12. The zero-order chi connectivity index (χ0) is 11.4. The number of rotatable bonds is 4. The van der Waals surface area contributed by atoms with Gasteiger partial charge in [0.25, 0.3) is 0 Å². The monoisotopic (exact) mass is 294 g/mol. The molecule has 1 heterocycles. The summed E-state index contributed by atoms with van der Waals surface area (Å²) in [6, 6.07) is 1.34. The van der Waals surface area contributed by atoms with Crippen LogP contribution < -0.4 is 5.32 Å². The Bertz CT molecular complexity index is 375. The Hall–Kier alpha value is -0.490. The van der Waals surface area contributed by atoms with Gasteiger partial charge in [-0.15, -0.1) is 0 Å². The van der Waals surface area contributed by atoms with E-state index in [4.69, 9.17) is 0 Å². The lowest BCUT2D eigenvalue weighted by Crippen LogP contribution is -2.21. The first kappa shape index (κ1) is 12.6. The first-order chi connectivity index (χ1) is 7.00. The number of nitrogens with one attached hydrogen (secondary N) is 1. The van der Waals surface area contributed by atoms with Crippen LogP contribution in [0.25, 0.3) is 0 Å². The van der Waals surface area contributed by atoms with Gasteiger partial charge in [0, 0.05) is 39.5 Å². The zero-order valence-electron chi connectivity index (χ0n) is 8.46. The van der Waals surface area contributed by atoms with Crippen molar-refractivity contribution in [3.05, 3.63) is 22.6 Å². The summed E-state index contributed by atoms with van der Waals surface area (Å²) in [7, 11) is -0.917. The molecule has 84 valence electrons. The number of hydrogen-bond donors (Lipinski definition) is 1. The van der Waals surface area contributed by atoms with Crippen LogP contribution in [-0.4, -0.2) is 27.2 Å². The van der Waals surface area contributed by atoms with Crippen LogP contribution in [0.5, 0.6) is 0 Å². The molecule has 0 aromatic carbocycles. The fourth-order valence-electron chi connectivity index (χ4n) is 0.902. The maximum Gasteiger partial charge on any atom is 0.166 e. The minimum Gasteiger partial charge on any atom is -0.366 e. The Morgan fingerprint density at radius 1 is 1.73 bits per heavy atom. The van der Waals surface area contributed by atoms with Gasteiger partial charge >= 0.3 is 0 Å². The van der Waals surface area contributed by atoms with Crippen molar-refractivity contribution in [3.8, 4) is 0 Å². The fraction of sp³-hybridized carbons (Fsp3) is 0.444. The highest BCUT2D eigenvalue weighted by atomic mass is 79.9. The van der Waals surface area contributed by atoms with Crippen molar-refractivity contribution in [3.63, 3.8) is 0 Å². The molecule has 2 unspecified atom stereocenters. The third-order valence-electron chi connectivity index (χ3n) is 1.93. The molecule has 0 saturated heterocycles. The van der Waals surface area contributed by atoms with Crippen LogP contribution in [0.15, 0.2) is 16.7 Å². The molecule has 0 amide bonds. The molecule has 0 fully saturated rings. The molecule has 1 aromatic rings. The Morgan fingerprint density at radius 2 is 2.40 bits per heavy atom. The Kier molecular flexibility index (Phi) is 4.66. The molecule has 1 aromatic heterocycles. The lowest BCUT2D eigenvalue weighted by atomic mass is 10.4. The maximum absolute atomic E-state index is 13.3. The van der Waals surface area contributed by atoms with Gasteiger partial charge in [0.1, 0.15) is 0 Å². The molecule has 3 nitrogen and oxygen atoms in total. The van der Waals surface area contributed by atoms with Crippen molar-refractivity contribution in [1.82, 2.24) is 4.98 Å². The van der Waals surface area contributed by atoms with Gasteiger partial charge in [0.05, 0.1) is 0 Å². The van der Waals surface area contributed by atoms with Crippen LogP contribution in [-0.2, 0) is 10.8 Å². The summed E-state index contributed by atoms with van der Waals surface area (Å²) in [5, 5.41) is 2.79. The number of nitrogens with zero attached hydrogens (tertiary/aromatic N) is 1. The number of hydrogen-bond acceptors (Lipinski definition) is 3. The average Bonchev–Trinajstić information content (AvgIpc) is 2.15. The van der Waals surface area contributed by atoms with Gasteiger partial charge in [-0.05, 0) is 28.9 Å². The van der Waals surface area contributed by atoms with Crippen LogP contribution >= 0.6 is 15.9 Å². The van der Waals surface area contributed by atoms with Crippen molar-refractivity contribution >= 4 is 32.5 Å². The molecule has 0 bridgehead atoms. The molecule has 1 rings (SSSR count). The molecule has 1 N–H and O–H groups in total. The van der Waals surface area contributed by atoms with Gasteiger partial charge in [-0.25, -0.2) is 9.37 Å². The third-order valence-corrected chi connectivity index (χ3v) is 3.67. The van der Waals surface area contributed by atoms with E-state index in [1.165, 1.54) is 12.3 Å². The van der Waals surface area contributed by atoms with Crippen molar-refractivity contribution in [2.45, 2.75) is 12.2 Å². The van der Waals surface area contributed by atoms with Gasteiger partial charge in [-0.3, -0.25) is 4.21 Å². The topological polar surface area (TPSA) is 42.0 Å². The predicted molar refractivity (Wildman–Crippen MR) is 63.9 cm³/mol. The molecule has 0 saturated carbocycles. The quantitative estimate of drug-likeness (QED) is 0.925. The molecule has 0 radical (unpaired) electrons. The minimum absolute atomic E-state index is 0.0325. The summed E-state index contributed by atoms with van der Waals surface area (Å²) in [5.41, 5.74) is 0. The number of pyridine rings is 1. The number of anilines is 1. The molecular formula is C9H12BrFN2OS. The second-order valence-corrected chi connectivity index (χ2v) is 5.89. The first-order valence-corrected chi connectivity index (χ1v) is 6.79. The van der Waals surface area contributed by atoms with Crippen molar-refractivity contribution in [2.24, 2.45) is 0 Å². The molecule has 0 aliphatic heterocycles. The van der Waals surface area contributed by atoms with Crippen molar-refractivity contribution in [1.29, 1.82) is 0 Å². The van der Waals surface area contributed by atoms with E-state index < -0.39 is 16.6 Å². The van der Waals surface area contributed by atoms with E-state index in [2.05, 4.69) is 26.2 Å². The van der Waals surface area contributed by atoms with Gasteiger partial charge in [-0.1, -0.05) is 0 Å². The Labute approximate surface area is 99.1 Å². The van der Waals surface area contributed by atoms with Crippen LogP contribution in [0.2, 0.25) is 0 Å². The second-order valence-electron chi connectivity index (χ2n) is 3.17. The SMILES string of the molecule is CC(CNc1ncc(Br)cc1F)S(C)=O. The average molecular weight is 295 g/mol. The molecule has 0 aliphatic rings. The highest BCUT2D eigenvalue weighted by Crippen LogP contribution is 2.15. The number of halogens is 2. The molecule has 0 spiro atoms. The number of aromatic nitrogens is 1. The Morgan fingerprint density at radius 3 is 2.93 bits per heavy atom. The third kappa shape index (κ3) is 3.87. The van der Waals surface area contributed by atoms with Crippen molar-refractivity contribution < 1.29 is 8.60 Å². The van der Waals surface area contributed by atoms with E-state index in [1.54, 1.807) is 6.26 Å². The lowest BCUT2D eigenvalue weighted by molar-refractivity contribution is 0.622. The van der Waals surface area contributed by atoms with E-state index >= 15 is 0 Å². The lowest BCUT2D eigenvalue weighted by Gasteiger charge is -2.10. The van der Waals surface area contributed by atoms with E-state index in [0.717, 1.165) is 0 Å². The van der Waals surface area contributed by atoms with E-state index in [1.807, 2.05) is 6.92 Å². The maximum atomic E-state index is 13.3. The van der Waals surface area contributed by atoms with E-state index in [0.29, 0.717) is 11.0 Å². The van der Waals surface area contributed by atoms with Crippen molar-refractivity contribution in [2.75, 3.05) is 18.1 Å². The largest absolute Gasteiger partial charge is 0.366 e. The van der Waals surface area contributed by atoms with Crippen LogP contribution in [0.3, 0.4) is 0 Å². The summed E-state index contributed by atoms with van der Waals surface area (Å²) in [6.45, 7) is 2.27. The second kappa shape index (κ2) is 5.55. The van der Waals surface area contributed by atoms with Gasteiger partial charge in [-0.2, -0.15) is 0 Å². The fourth-order valence-corrected chi connectivity index (χ4v) is 1.52.